The maximum atomic E-state index is 13.1. The SMILES string of the molecule is CCOC(=O)[C@@H]1CC2(CCN(C3CCCCC3)CC2)CN1Cc1ccc(CN(Cc2ncc[nH]2)Cc2nccn2C)cc1. The number of likely N-dealkylation sites (tertiary alicyclic amines) is 2. The van der Waals surface area contributed by atoms with Gasteiger partial charge in [-0.1, -0.05) is 43.5 Å². The summed E-state index contributed by atoms with van der Waals surface area (Å²) in [5.41, 5.74) is 2.72. The quantitative estimate of drug-likeness (QED) is 0.320. The Morgan fingerprint density at radius 3 is 2.47 bits per heavy atom. The molecule has 3 aliphatic rings. The van der Waals surface area contributed by atoms with Crippen LogP contribution < -0.4 is 0 Å². The first-order valence-corrected chi connectivity index (χ1v) is 16.4. The molecule has 1 saturated carbocycles. The van der Waals surface area contributed by atoms with Gasteiger partial charge < -0.3 is 19.2 Å². The molecule has 3 fully saturated rings. The van der Waals surface area contributed by atoms with Crippen molar-refractivity contribution in [2.45, 2.75) is 96.6 Å². The molecule has 0 bridgehead atoms. The molecule has 9 nitrogen and oxygen atoms in total. The van der Waals surface area contributed by atoms with E-state index in [2.05, 4.69) is 58.5 Å². The highest BCUT2D eigenvalue weighted by Crippen LogP contribution is 2.45. The van der Waals surface area contributed by atoms with Gasteiger partial charge in [-0.3, -0.25) is 14.6 Å². The monoisotopic (exact) mass is 587 g/mol. The topological polar surface area (TPSA) is 82.5 Å². The highest BCUT2D eigenvalue weighted by molar-refractivity contribution is 5.76. The molecule has 1 aliphatic carbocycles. The maximum absolute atomic E-state index is 13.1. The van der Waals surface area contributed by atoms with E-state index >= 15 is 0 Å². The number of esters is 1. The first-order chi connectivity index (χ1) is 21.0. The van der Waals surface area contributed by atoms with Crippen LogP contribution in [0.5, 0.6) is 0 Å². The number of rotatable bonds is 11. The van der Waals surface area contributed by atoms with Gasteiger partial charge in [0.1, 0.15) is 17.7 Å². The van der Waals surface area contributed by atoms with Gasteiger partial charge in [0.2, 0.25) is 0 Å². The molecule has 0 amide bonds. The lowest BCUT2D eigenvalue weighted by atomic mass is 9.76. The second-order valence-corrected chi connectivity index (χ2v) is 13.2. The summed E-state index contributed by atoms with van der Waals surface area (Å²) in [4.78, 5) is 32.9. The van der Waals surface area contributed by atoms with Crippen LogP contribution in [0.4, 0.5) is 0 Å². The number of imidazole rings is 2. The molecule has 1 aromatic carbocycles. The fourth-order valence-electron chi connectivity index (χ4n) is 7.71. The zero-order valence-electron chi connectivity index (χ0n) is 26.1. The van der Waals surface area contributed by atoms with E-state index in [1.807, 2.05) is 32.6 Å². The van der Waals surface area contributed by atoms with Crippen molar-refractivity contribution in [3.8, 4) is 0 Å². The van der Waals surface area contributed by atoms with Crippen LogP contribution in [0, 0.1) is 5.41 Å². The van der Waals surface area contributed by atoms with Crippen molar-refractivity contribution >= 4 is 5.97 Å². The average Bonchev–Trinajstić information content (AvgIpc) is 3.77. The molecule has 2 aromatic heterocycles. The molecule has 0 radical (unpaired) electrons. The number of aryl methyl sites for hydroxylation is 1. The standard InChI is InChI=1S/C34H49N7O2/c1-3-43-33(42)30-21-34(13-18-40(19-14-34)29-7-5-4-6-8-29)26-41(30)23-28-11-9-27(10-12-28)22-39(24-31-35-15-16-36-31)25-32-37-17-20-38(32)2/h9-12,15-17,20,29-30H,3-8,13-14,18-19,21-26H2,1-2H3,(H,35,36)/t30-/m0/s1. The fraction of sp³-hybridized carbons (Fsp3) is 0.618. The minimum absolute atomic E-state index is 0.0476. The van der Waals surface area contributed by atoms with Gasteiger partial charge in [0.05, 0.1) is 19.7 Å². The van der Waals surface area contributed by atoms with Gasteiger partial charge in [-0.2, -0.15) is 0 Å². The summed E-state index contributed by atoms with van der Waals surface area (Å²) in [6.07, 6.45) is 17.7. The normalized spacial score (nSPS) is 21.6. The summed E-state index contributed by atoms with van der Waals surface area (Å²) in [7, 11) is 2.04. The first kappa shape index (κ1) is 30.0. The van der Waals surface area contributed by atoms with Gasteiger partial charge in [0.15, 0.2) is 0 Å². The van der Waals surface area contributed by atoms with E-state index in [-0.39, 0.29) is 17.4 Å². The summed E-state index contributed by atoms with van der Waals surface area (Å²) in [6.45, 7) is 8.72. The Labute approximate surface area is 256 Å². The van der Waals surface area contributed by atoms with E-state index in [1.165, 1.54) is 69.2 Å². The van der Waals surface area contributed by atoms with Crippen molar-refractivity contribution in [2.24, 2.45) is 12.5 Å². The number of nitrogens with one attached hydrogen (secondary N) is 1. The highest BCUT2D eigenvalue weighted by atomic mass is 16.5. The lowest BCUT2D eigenvalue weighted by Crippen LogP contribution is -2.46. The maximum Gasteiger partial charge on any atom is 0.323 e. The number of nitrogens with zero attached hydrogens (tertiary/aromatic N) is 6. The summed E-state index contributed by atoms with van der Waals surface area (Å²) < 4.78 is 7.66. The number of benzene rings is 1. The molecule has 3 aromatic rings. The van der Waals surface area contributed by atoms with Gasteiger partial charge in [-0.05, 0) is 68.7 Å². The zero-order valence-corrected chi connectivity index (χ0v) is 26.1. The Hall–Kier alpha value is -3.01. The van der Waals surface area contributed by atoms with Gasteiger partial charge in [0, 0.05) is 57.5 Å². The largest absolute Gasteiger partial charge is 0.465 e. The van der Waals surface area contributed by atoms with Crippen molar-refractivity contribution in [1.82, 2.24) is 34.2 Å². The number of carbonyl (C=O) groups excluding carboxylic acids is 1. The number of piperidine rings is 1. The lowest BCUT2D eigenvalue weighted by Gasteiger charge is -2.43. The van der Waals surface area contributed by atoms with Crippen molar-refractivity contribution in [3.05, 3.63) is 71.8 Å². The van der Waals surface area contributed by atoms with Crippen LogP contribution in [-0.4, -0.2) is 78.5 Å². The number of hydrogen-bond donors (Lipinski definition) is 1. The third kappa shape index (κ3) is 7.39. The predicted octanol–water partition coefficient (Wildman–Crippen LogP) is 4.90. The Morgan fingerprint density at radius 2 is 1.79 bits per heavy atom. The van der Waals surface area contributed by atoms with E-state index in [1.54, 1.807) is 6.20 Å². The van der Waals surface area contributed by atoms with Crippen LogP contribution in [0.15, 0.2) is 49.1 Å². The minimum Gasteiger partial charge on any atom is -0.465 e. The summed E-state index contributed by atoms with van der Waals surface area (Å²) in [5, 5.41) is 0. The van der Waals surface area contributed by atoms with Gasteiger partial charge in [-0.25, -0.2) is 9.97 Å². The van der Waals surface area contributed by atoms with Crippen molar-refractivity contribution in [1.29, 1.82) is 0 Å². The number of carbonyl (C=O) groups is 1. The molecule has 2 aliphatic heterocycles. The molecule has 4 heterocycles. The summed E-state index contributed by atoms with van der Waals surface area (Å²) in [5.74, 6) is 1.93. The third-order valence-corrected chi connectivity index (χ3v) is 10.1. The van der Waals surface area contributed by atoms with Crippen LogP contribution in [0.3, 0.4) is 0 Å². The molecule has 1 atom stereocenters. The van der Waals surface area contributed by atoms with Crippen molar-refractivity contribution in [3.63, 3.8) is 0 Å². The molecule has 0 unspecified atom stereocenters. The van der Waals surface area contributed by atoms with Crippen molar-refractivity contribution in [2.75, 3.05) is 26.2 Å². The molecule has 43 heavy (non-hydrogen) atoms. The Kier molecular flexibility index (Phi) is 9.60. The van der Waals surface area contributed by atoms with Crippen LogP contribution in [0.2, 0.25) is 0 Å². The number of aromatic amines is 1. The van der Waals surface area contributed by atoms with E-state index < -0.39 is 0 Å². The fourth-order valence-corrected chi connectivity index (χ4v) is 7.71. The molecule has 6 rings (SSSR count). The van der Waals surface area contributed by atoms with E-state index in [0.717, 1.165) is 56.8 Å². The van der Waals surface area contributed by atoms with Crippen LogP contribution in [0.25, 0.3) is 0 Å². The highest BCUT2D eigenvalue weighted by Gasteiger charge is 2.49. The first-order valence-electron chi connectivity index (χ1n) is 16.4. The van der Waals surface area contributed by atoms with Gasteiger partial charge >= 0.3 is 5.97 Å². The molecular weight excluding hydrogens is 538 g/mol. The Morgan fingerprint density at radius 1 is 1.02 bits per heavy atom. The predicted molar refractivity (Wildman–Crippen MR) is 167 cm³/mol. The van der Waals surface area contributed by atoms with E-state index in [9.17, 15) is 4.79 Å². The lowest BCUT2D eigenvalue weighted by molar-refractivity contribution is -0.148. The smallest absolute Gasteiger partial charge is 0.323 e. The average molecular weight is 588 g/mol. The van der Waals surface area contributed by atoms with Crippen LogP contribution in [0.1, 0.15) is 81.1 Å². The molecule has 9 heteroatoms. The second kappa shape index (κ2) is 13.7. The number of ether oxygens (including phenoxy) is 1. The summed E-state index contributed by atoms with van der Waals surface area (Å²) in [6, 6.07) is 9.57. The number of hydrogen-bond acceptors (Lipinski definition) is 7. The van der Waals surface area contributed by atoms with E-state index in [0.29, 0.717) is 6.61 Å². The van der Waals surface area contributed by atoms with E-state index in [4.69, 9.17) is 4.74 Å². The third-order valence-electron chi connectivity index (χ3n) is 10.1. The van der Waals surface area contributed by atoms with Crippen LogP contribution in [-0.2, 0) is 42.8 Å². The van der Waals surface area contributed by atoms with Gasteiger partial charge in [0.25, 0.3) is 0 Å². The molecular formula is C34H49N7O2. The molecule has 2 saturated heterocycles. The second-order valence-electron chi connectivity index (χ2n) is 13.2. The Bertz CT molecular complexity index is 1290. The Balaban J connectivity index is 1.10. The van der Waals surface area contributed by atoms with Gasteiger partial charge in [-0.15, -0.1) is 0 Å². The van der Waals surface area contributed by atoms with Crippen LogP contribution >= 0.6 is 0 Å². The number of aromatic nitrogens is 4. The molecule has 1 N–H and O–H groups in total. The minimum atomic E-state index is -0.151. The molecule has 1 spiro atoms. The van der Waals surface area contributed by atoms with Crippen molar-refractivity contribution < 1.29 is 9.53 Å². The summed E-state index contributed by atoms with van der Waals surface area (Å²) >= 11 is 0. The number of H-pyrrole nitrogens is 1. The zero-order chi connectivity index (χ0) is 29.6. The molecule has 232 valence electrons.